The molecule has 10 rings (SSSR count). The average Bonchev–Trinajstić information content (AvgIpc) is 4.14. The maximum absolute atomic E-state index is 11.1. The SMILES string of the molecule is Cc1ccc(/C=C/C2(O)CCC(=O)CC2)o1.Cc1ccc(/C=C/C2=CCC(=O)CC2)o1.Cc1cccc(/C=C/C2(O)CCC(=O)CC2)c1.Cc1cccc(/C=C/C2(O)CCC(=O)CC2)n1.Cc1ccnc(/C=C/C2(O)CCC(=O)CC2)c1. The normalized spacial score (nSPS) is 19.4. The Morgan fingerprint density at radius 3 is 1.32 bits per heavy atom. The lowest BCUT2D eigenvalue weighted by atomic mass is 9.83. The first-order valence-corrected chi connectivity index (χ1v) is 28.7. The number of aryl methyl sites for hydroxylation is 5. The number of Topliss-reactive ketones (excluding diaryl/α,β-unsaturated/α-hetero) is 5. The number of nitrogens with zero attached hydrogens (tertiary/aromatic N) is 2. The van der Waals surface area contributed by atoms with E-state index < -0.39 is 22.4 Å². The van der Waals surface area contributed by atoms with Crippen LogP contribution in [0.1, 0.15) is 179 Å². The third-order valence-corrected chi connectivity index (χ3v) is 15.1. The highest BCUT2D eigenvalue weighted by atomic mass is 16.3. The van der Waals surface area contributed by atoms with E-state index in [2.05, 4.69) is 16.0 Å². The quantitative estimate of drug-likeness (QED) is 0.102. The molecule has 4 fully saturated rings. The van der Waals surface area contributed by atoms with Crippen molar-refractivity contribution in [3.05, 3.63) is 184 Å². The largest absolute Gasteiger partial charge is 0.462 e. The van der Waals surface area contributed by atoms with E-state index in [-0.39, 0.29) is 23.1 Å². The summed E-state index contributed by atoms with van der Waals surface area (Å²) >= 11 is 0. The maximum atomic E-state index is 11.1. The number of ketones is 5. The van der Waals surface area contributed by atoms with E-state index >= 15 is 0 Å². The van der Waals surface area contributed by atoms with Crippen molar-refractivity contribution in [3.8, 4) is 0 Å². The lowest BCUT2D eigenvalue weighted by Gasteiger charge is -2.28. The van der Waals surface area contributed by atoms with Crippen LogP contribution >= 0.6 is 0 Å². The third kappa shape index (κ3) is 22.9. The molecule has 0 unspecified atom stereocenters. The van der Waals surface area contributed by atoms with Crippen molar-refractivity contribution in [2.24, 2.45) is 0 Å². The van der Waals surface area contributed by atoms with Crippen molar-refractivity contribution in [2.45, 2.75) is 179 Å². The average molecular weight is 1120 g/mol. The number of benzene rings is 1. The fourth-order valence-electron chi connectivity index (χ4n) is 9.72. The molecule has 4 N–H and O–H groups in total. The Kier molecular flexibility index (Phi) is 23.9. The smallest absolute Gasteiger partial charge is 0.137 e. The fourth-order valence-corrected chi connectivity index (χ4v) is 9.72. The van der Waals surface area contributed by atoms with Crippen LogP contribution in [0.15, 0.2) is 136 Å². The van der Waals surface area contributed by atoms with E-state index in [4.69, 9.17) is 8.83 Å². The number of pyridine rings is 2. The second-order valence-corrected chi connectivity index (χ2v) is 22.5. The topological polar surface area (TPSA) is 218 Å². The molecular formula is C69H82N2O11. The fraction of sp³-hybridized carbons (Fsp3) is 0.406. The molecule has 0 amide bonds. The molecular weight excluding hydrogens is 1030 g/mol. The monoisotopic (exact) mass is 1110 g/mol. The minimum Gasteiger partial charge on any atom is -0.462 e. The van der Waals surface area contributed by atoms with Crippen LogP contribution in [0, 0.1) is 34.6 Å². The van der Waals surface area contributed by atoms with Crippen molar-refractivity contribution in [3.63, 3.8) is 0 Å². The van der Waals surface area contributed by atoms with Crippen LogP contribution in [0.3, 0.4) is 0 Å². The van der Waals surface area contributed by atoms with Gasteiger partial charge < -0.3 is 29.3 Å². The second-order valence-electron chi connectivity index (χ2n) is 22.5. The first-order valence-electron chi connectivity index (χ1n) is 28.7. The Balaban J connectivity index is 0.000000165. The van der Waals surface area contributed by atoms with Crippen LogP contribution in [0.5, 0.6) is 0 Å². The maximum Gasteiger partial charge on any atom is 0.137 e. The van der Waals surface area contributed by atoms with Gasteiger partial charge in [-0.25, -0.2) is 0 Å². The molecule has 82 heavy (non-hydrogen) atoms. The van der Waals surface area contributed by atoms with Crippen LogP contribution in [-0.2, 0) is 24.0 Å². The molecule has 0 bridgehead atoms. The molecule has 4 heterocycles. The first kappa shape index (κ1) is 63.9. The Morgan fingerprint density at radius 2 is 0.878 bits per heavy atom. The Hall–Kier alpha value is -7.29. The van der Waals surface area contributed by atoms with E-state index in [0.29, 0.717) is 121 Å². The van der Waals surface area contributed by atoms with Crippen molar-refractivity contribution >= 4 is 59.3 Å². The van der Waals surface area contributed by atoms with Gasteiger partial charge >= 0.3 is 0 Å². The van der Waals surface area contributed by atoms with E-state index in [0.717, 1.165) is 57.7 Å². The number of rotatable bonds is 10. The molecule has 4 saturated carbocycles. The zero-order valence-corrected chi connectivity index (χ0v) is 48.4. The number of aliphatic hydroxyl groups is 4. The van der Waals surface area contributed by atoms with Gasteiger partial charge in [-0.15, -0.1) is 0 Å². The van der Waals surface area contributed by atoms with Gasteiger partial charge in [0, 0.05) is 76.1 Å². The van der Waals surface area contributed by atoms with Crippen LogP contribution < -0.4 is 0 Å². The summed E-state index contributed by atoms with van der Waals surface area (Å²) in [6, 6.07) is 25.5. The minimum atomic E-state index is -0.839. The first-order chi connectivity index (χ1) is 39.0. The van der Waals surface area contributed by atoms with Gasteiger partial charge in [0.25, 0.3) is 0 Å². The summed E-state index contributed by atoms with van der Waals surface area (Å²) in [4.78, 5) is 64.0. The Labute approximate surface area is 483 Å². The summed E-state index contributed by atoms with van der Waals surface area (Å²) in [5, 5.41) is 41.0. The summed E-state index contributed by atoms with van der Waals surface area (Å²) in [7, 11) is 0. The van der Waals surface area contributed by atoms with Crippen molar-refractivity contribution in [1.29, 1.82) is 0 Å². The molecule has 0 radical (unpaired) electrons. The van der Waals surface area contributed by atoms with Crippen LogP contribution in [0.25, 0.3) is 30.4 Å². The Morgan fingerprint density at radius 1 is 0.427 bits per heavy atom. The van der Waals surface area contributed by atoms with Gasteiger partial charge in [-0.2, -0.15) is 0 Å². The Bertz CT molecular complexity index is 2920. The molecule has 5 aliphatic rings. The van der Waals surface area contributed by atoms with Crippen molar-refractivity contribution < 1.29 is 53.2 Å². The highest BCUT2D eigenvalue weighted by Crippen LogP contribution is 2.31. The van der Waals surface area contributed by atoms with Gasteiger partial charge in [-0.3, -0.25) is 33.9 Å². The molecule has 4 aromatic heterocycles. The predicted molar refractivity (Wildman–Crippen MR) is 322 cm³/mol. The number of aromatic nitrogens is 2. The molecule has 1 aromatic carbocycles. The van der Waals surface area contributed by atoms with Gasteiger partial charge in [0.1, 0.15) is 52.0 Å². The molecule has 0 atom stereocenters. The molecule has 5 aliphatic carbocycles. The van der Waals surface area contributed by atoms with Gasteiger partial charge in [0.2, 0.25) is 0 Å². The summed E-state index contributed by atoms with van der Waals surface area (Å²) < 4.78 is 10.8. The summed E-state index contributed by atoms with van der Waals surface area (Å²) in [5.74, 6) is 4.71. The van der Waals surface area contributed by atoms with Crippen LogP contribution in [0.4, 0.5) is 0 Å². The minimum absolute atomic E-state index is 0.243. The molecule has 0 aliphatic heterocycles. The number of carbonyl (C=O) groups excluding carboxylic acids is 5. The number of carbonyl (C=O) groups is 5. The molecule has 13 nitrogen and oxygen atoms in total. The van der Waals surface area contributed by atoms with Crippen LogP contribution in [-0.4, -0.2) is 81.7 Å². The standard InChI is InChI=1S/C15H18O2.2C14H17NO2.C13H16O3.C13H14O2/c1-12-3-2-4-13(11-12)5-8-15(17)9-6-14(16)7-10-15;1-11-5-9-15-12(10-11)2-6-14(17)7-3-13(16)4-8-14;1-11-3-2-4-12(15-11)5-8-14(17)9-6-13(16)7-10-14;1-10-2-3-12(16-10)6-9-13(15)7-4-11(14)5-8-13;1-10-2-8-13(15-10)9-5-11-3-6-12(14)7-4-11/h2-5,8,11,17H,6-7,9-10H2,1H3;2,5-6,9-10,17H,3-4,7-8H2,1H3;2-5,8,17H,6-7,9-10H2,1H3;2-3,6,9,15H,4-5,7-8H2,1H3;2-3,5,8-9H,4,6-7H2,1H3/b8-5+;6-2+;8-5+;9-6+;9-5+. The van der Waals surface area contributed by atoms with Gasteiger partial charge in [-0.1, -0.05) is 77.9 Å². The van der Waals surface area contributed by atoms with Gasteiger partial charge in [0.15, 0.2) is 0 Å². The van der Waals surface area contributed by atoms with E-state index in [1.807, 2.05) is 150 Å². The highest BCUT2D eigenvalue weighted by Gasteiger charge is 2.32. The van der Waals surface area contributed by atoms with Gasteiger partial charge in [-0.05, 0) is 182 Å². The zero-order chi connectivity index (χ0) is 59.2. The van der Waals surface area contributed by atoms with Crippen molar-refractivity contribution in [2.75, 3.05) is 0 Å². The summed E-state index contributed by atoms with van der Waals surface area (Å²) in [5.41, 5.74) is 4.01. The number of furan rings is 2. The molecule has 0 spiro atoms. The van der Waals surface area contributed by atoms with Gasteiger partial charge in [0.05, 0.1) is 33.8 Å². The van der Waals surface area contributed by atoms with E-state index in [1.54, 1.807) is 30.5 Å². The number of allylic oxidation sites excluding steroid dienone is 3. The predicted octanol–water partition coefficient (Wildman–Crippen LogP) is 13.2. The third-order valence-electron chi connectivity index (χ3n) is 15.1. The zero-order valence-electron chi connectivity index (χ0n) is 48.4. The lowest BCUT2D eigenvalue weighted by Crippen LogP contribution is -2.31. The molecule has 5 aromatic rings. The van der Waals surface area contributed by atoms with Crippen molar-refractivity contribution in [1.82, 2.24) is 9.97 Å². The number of hydrogen-bond donors (Lipinski definition) is 4. The summed E-state index contributed by atoms with van der Waals surface area (Å²) in [6.07, 6.45) is 32.4. The molecule has 0 saturated heterocycles. The highest BCUT2D eigenvalue weighted by molar-refractivity contribution is 5.82. The number of hydrogen-bond acceptors (Lipinski definition) is 13. The molecule has 13 heteroatoms. The summed E-state index contributed by atoms with van der Waals surface area (Å²) in [6.45, 7) is 9.80. The van der Waals surface area contributed by atoms with E-state index in [1.165, 1.54) is 11.1 Å². The molecule has 434 valence electrons. The lowest BCUT2D eigenvalue weighted by molar-refractivity contribution is -0.124. The van der Waals surface area contributed by atoms with E-state index in [9.17, 15) is 44.4 Å². The van der Waals surface area contributed by atoms with Crippen LogP contribution in [0.2, 0.25) is 0 Å². The second kappa shape index (κ2) is 30.7.